The Morgan fingerprint density at radius 2 is 1.01 bits per heavy atom. The molecule has 67 heavy (non-hydrogen) atoms. The highest BCUT2D eigenvalue weighted by Crippen LogP contribution is 2.12. The SMILES string of the molecule is CCCOc1ccc(C#Cc2ccnc(CNC(=O)N3CCOCCOCCN(C(=O)CN4CCN(CC(=O)O)CCN(CC(=O)O)CCN(CC(=O)O)CC4)CCOCCOCC3)c2)cc1. The van der Waals surface area contributed by atoms with Crippen LogP contribution in [-0.4, -0.2) is 244 Å². The Balaban J connectivity index is 1.27. The topological polar surface area (TPSA) is 237 Å². The summed E-state index contributed by atoms with van der Waals surface area (Å²) >= 11 is 0. The van der Waals surface area contributed by atoms with Crippen LogP contribution in [0.3, 0.4) is 0 Å². The number of nitrogens with one attached hydrogen (secondary N) is 1. The van der Waals surface area contributed by atoms with Crippen molar-refractivity contribution in [3.05, 3.63) is 59.4 Å². The van der Waals surface area contributed by atoms with Gasteiger partial charge in [0.1, 0.15) is 5.75 Å². The summed E-state index contributed by atoms with van der Waals surface area (Å²) in [6, 6.07) is 11.0. The van der Waals surface area contributed by atoms with E-state index in [1.807, 2.05) is 41.3 Å². The maximum Gasteiger partial charge on any atom is 0.317 e. The predicted octanol–water partition coefficient (Wildman–Crippen LogP) is 0.166. The fourth-order valence-corrected chi connectivity index (χ4v) is 7.02. The van der Waals surface area contributed by atoms with E-state index in [9.17, 15) is 39.3 Å². The Kier molecular flexibility index (Phi) is 25.5. The lowest BCUT2D eigenvalue weighted by Crippen LogP contribution is -2.50. The summed E-state index contributed by atoms with van der Waals surface area (Å²) < 4.78 is 28.9. The maximum atomic E-state index is 13.9. The van der Waals surface area contributed by atoms with Crippen LogP contribution >= 0.6 is 0 Å². The molecule has 2 saturated heterocycles. The molecule has 21 nitrogen and oxygen atoms in total. The quantitative estimate of drug-likeness (QED) is 0.196. The maximum absolute atomic E-state index is 13.9. The smallest absolute Gasteiger partial charge is 0.317 e. The zero-order chi connectivity index (χ0) is 48.1. The van der Waals surface area contributed by atoms with Crippen molar-refractivity contribution in [2.24, 2.45) is 0 Å². The second kappa shape index (κ2) is 31.5. The number of nitrogens with zero attached hydrogens (tertiary/aromatic N) is 7. The number of hydrogen-bond acceptors (Lipinski definition) is 15. The lowest BCUT2D eigenvalue weighted by atomic mass is 10.2. The third-order valence-electron chi connectivity index (χ3n) is 10.7. The molecule has 370 valence electrons. The van der Waals surface area contributed by atoms with Crippen LogP contribution in [-0.2, 0) is 44.7 Å². The first kappa shape index (κ1) is 54.2. The van der Waals surface area contributed by atoms with E-state index in [0.717, 1.165) is 23.3 Å². The van der Waals surface area contributed by atoms with Gasteiger partial charge in [0.25, 0.3) is 0 Å². The molecule has 0 unspecified atom stereocenters. The number of amides is 3. The van der Waals surface area contributed by atoms with E-state index < -0.39 is 17.9 Å². The third kappa shape index (κ3) is 23.2. The number of urea groups is 1. The Morgan fingerprint density at radius 1 is 0.582 bits per heavy atom. The normalized spacial score (nSPS) is 18.2. The van der Waals surface area contributed by atoms with Crippen molar-refractivity contribution in [2.45, 2.75) is 19.9 Å². The van der Waals surface area contributed by atoms with Gasteiger partial charge in [0.15, 0.2) is 0 Å². The van der Waals surface area contributed by atoms with Crippen LogP contribution in [0.15, 0.2) is 42.6 Å². The molecule has 3 amide bonds. The molecule has 2 aliphatic rings. The number of carboxylic acid groups (broad SMARTS) is 3. The summed E-state index contributed by atoms with van der Waals surface area (Å²) in [7, 11) is 0. The van der Waals surface area contributed by atoms with Crippen LogP contribution in [0.25, 0.3) is 0 Å². The first-order valence-corrected chi connectivity index (χ1v) is 22.8. The number of aromatic nitrogens is 1. The van der Waals surface area contributed by atoms with Gasteiger partial charge in [-0.2, -0.15) is 0 Å². The Labute approximate surface area is 392 Å². The van der Waals surface area contributed by atoms with Gasteiger partial charge in [0.05, 0.1) is 97.9 Å². The first-order chi connectivity index (χ1) is 32.5. The molecule has 0 radical (unpaired) electrons. The molecule has 4 N–H and O–H groups in total. The van der Waals surface area contributed by atoms with Crippen LogP contribution in [0, 0.1) is 11.8 Å². The minimum absolute atomic E-state index is 0.00762. The van der Waals surface area contributed by atoms with E-state index in [2.05, 4.69) is 29.1 Å². The van der Waals surface area contributed by atoms with E-state index in [1.54, 1.807) is 30.7 Å². The molecule has 2 aromatic rings. The highest BCUT2D eigenvalue weighted by Gasteiger charge is 2.23. The molecule has 2 aliphatic heterocycles. The van der Waals surface area contributed by atoms with Crippen LogP contribution < -0.4 is 10.1 Å². The van der Waals surface area contributed by atoms with Crippen molar-refractivity contribution in [1.29, 1.82) is 0 Å². The van der Waals surface area contributed by atoms with Gasteiger partial charge in [-0.1, -0.05) is 18.8 Å². The van der Waals surface area contributed by atoms with Gasteiger partial charge in [0, 0.05) is 95.9 Å². The number of hydrogen-bond donors (Lipinski definition) is 4. The molecule has 2 fully saturated rings. The number of carboxylic acids is 3. The number of aliphatic carboxylic acids is 3. The van der Waals surface area contributed by atoms with Crippen LogP contribution in [0.1, 0.15) is 30.2 Å². The van der Waals surface area contributed by atoms with Gasteiger partial charge >= 0.3 is 23.9 Å². The zero-order valence-electron chi connectivity index (χ0n) is 38.7. The van der Waals surface area contributed by atoms with Crippen molar-refractivity contribution in [3.63, 3.8) is 0 Å². The average molecular weight is 941 g/mol. The highest BCUT2D eigenvalue weighted by molar-refractivity contribution is 5.78. The van der Waals surface area contributed by atoms with E-state index >= 15 is 0 Å². The predicted molar refractivity (Wildman–Crippen MR) is 245 cm³/mol. The minimum atomic E-state index is -1.03. The Hall–Kier alpha value is -5.44. The molecular formula is C46H68N8O13. The zero-order valence-corrected chi connectivity index (χ0v) is 38.7. The molecule has 1 aromatic carbocycles. The fourth-order valence-electron chi connectivity index (χ4n) is 7.02. The van der Waals surface area contributed by atoms with Gasteiger partial charge in [-0.3, -0.25) is 43.8 Å². The molecule has 0 aliphatic carbocycles. The standard InChI is InChI=1S/C46H68N8O13/c1-2-23-67-41-7-5-38(6-8-41)3-4-39-9-10-47-40(32-39)33-48-46(62)54-21-26-65-30-28-63-24-19-53(20-25-64-29-31-66-27-22-54)42(55)34-49-11-13-50(35-43(56)57)15-17-52(37-45(60)61)18-16-51(14-12-49)36-44(58)59/h5-10,32H,2,11-31,33-37H2,1H3,(H,48,62)(H,56,57)(H,58,59)(H,60,61). The lowest BCUT2D eigenvalue weighted by molar-refractivity contribution is -0.141. The minimum Gasteiger partial charge on any atom is -0.494 e. The summed E-state index contributed by atoms with van der Waals surface area (Å²) in [4.78, 5) is 76.8. The van der Waals surface area contributed by atoms with Crippen molar-refractivity contribution in [1.82, 2.24) is 39.7 Å². The van der Waals surface area contributed by atoms with Gasteiger partial charge in [0.2, 0.25) is 5.91 Å². The van der Waals surface area contributed by atoms with Crippen LogP contribution in [0.5, 0.6) is 5.75 Å². The lowest BCUT2D eigenvalue weighted by Gasteiger charge is -2.33. The summed E-state index contributed by atoms with van der Waals surface area (Å²) in [6.45, 7) is 7.61. The third-order valence-corrected chi connectivity index (χ3v) is 10.7. The summed E-state index contributed by atoms with van der Waals surface area (Å²) in [5.41, 5.74) is 2.28. The molecule has 1 aromatic heterocycles. The Bertz CT molecular complexity index is 1830. The Morgan fingerprint density at radius 3 is 1.46 bits per heavy atom. The monoisotopic (exact) mass is 940 g/mol. The van der Waals surface area contributed by atoms with Gasteiger partial charge in [-0.05, 0) is 42.8 Å². The number of pyridine rings is 1. The summed E-state index contributed by atoms with van der Waals surface area (Å²) in [5.74, 6) is 3.84. The number of carbonyl (C=O) groups excluding carboxylic acids is 2. The van der Waals surface area contributed by atoms with Crippen molar-refractivity contribution in [2.75, 3.05) is 164 Å². The molecule has 0 saturated carbocycles. The van der Waals surface area contributed by atoms with Crippen LogP contribution in [0.4, 0.5) is 4.79 Å². The second-order valence-corrected chi connectivity index (χ2v) is 15.9. The second-order valence-electron chi connectivity index (χ2n) is 15.9. The molecule has 0 atom stereocenters. The van der Waals surface area contributed by atoms with Crippen LogP contribution in [0.2, 0.25) is 0 Å². The van der Waals surface area contributed by atoms with E-state index in [1.165, 1.54) is 0 Å². The van der Waals surface area contributed by atoms with Crippen molar-refractivity contribution in [3.8, 4) is 17.6 Å². The number of carbonyl (C=O) groups is 5. The molecule has 4 rings (SSSR count). The summed E-state index contributed by atoms with van der Waals surface area (Å²) in [5, 5.41) is 31.5. The highest BCUT2D eigenvalue weighted by atomic mass is 16.5. The molecular weight excluding hydrogens is 873 g/mol. The number of rotatable bonds is 13. The molecule has 0 spiro atoms. The number of ether oxygens (including phenoxy) is 5. The van der Waals surface area contributed by atoms with Crippen molar-refractivity contribution < 1.29 is 63.0 Å². The fraction of sp³-hybridized carbons (Fsp3) is 0.609. The van der Waals surface area contributed by atoms with Gasteiger partial charge in [-0.25, -0.2) is 4.79 Å². The number of benzene rings is 1. The van der Waals surface area contributed by atoms with Gasteiger partial charge in [-0.15, -0.1) is 0 Å². The van der Waals surface area contributed by atoms with Gasteiger partial charge < -0.3 is 54.1 Å². The molecule has 21 heteroatoms. The molecule has 0 bridgehead atoms. The first-order valence-electron chi connectivity index (χ1n) is 22.8. The summed E-state index contributed by atoms with van der Waals surface area (Å²) in [6.07, 6.45) is 2.60. The molecule has 3 heterocycles. The largest absolute Gasteiger partial charge is 0.494 e. The van der Waals surface area contributed by atoms with E-state index in [-0.39, 0.29) is 137 Å². The van der Waals surface area contributed by atoms with Crippen molar-refractivity contribution >= 4 is 29.8 Å². The van der Waals surface area contributed by atoms with E-state index in [0.29, 0.717) is 51.6 Å². The van der Waals surface area contributed by atoms with E-state index in [4.69, 9.17) is 23.7 Å². The average Bonchev–Trinajstić information content (AvgIpc) is 3.30.